The number of amides is 2. The first kappa shape index (κ1) is 23.2. The van der Waals surface area contributed by atoms with E-state index in [1.807, 2.05) is 4.90 Å². The van der Waals surface area contributed by atoms with Crippen LogP contribution in [0.2, 0.25) is 5.02 Å². The number of halogens is 1. The summed E-state index contributed by atoms with van der Waals surface area (Å²) in [6, 6.07) is 5.22. The summed E-state index contributed by atoms with van der Waals surface area (Å²) in [4.78, 5) is 31.2. The Morgan fingerprint density at radius 2 is 2.13 bits per heavy atom. The van der Waals surface area contributed by atoms with Gasteiger partial charge in [-0.2, -0.15) is 5.10 Å². The Balaban J connectivity index is 1.52. The van der Waals surface area contributed by atoms with E-state index in [2.05, 4.69) is 27.6 Å². The van der Waals surface area contributed by atoms with Gasteiger partial charge < -0.3 is 10.6 Å². The number of anilines is 1. The molecule has 0 spiro atoms. The normalized spacial score (nSPS) is 16.8. The number of carbonyl (C=O) groups is 2. The van der Waals surface area contributed by atoms with Crippen LogP contribution in [0.4, 0.5) is 5.69 Å². The summed E-state index contributed by atoms with van der Waals surface area (Å²) < 4.78 is 1.58. The Bertz CT molecular complexity index is 858. The number of hydrogen-bond donors (Lipinski definition) is 2. The standard InChI is InChI=1S/C22H31ClN6O2/c1-2-3-4-5-10-25-22(31)17-7-6-11-28(13-17)14-21(30)27-19-12-18(23)8-9-20(19)29-16-24-15-26-29/h8-9,12,15-17H,2-7,10-11,13-14H2,1H3,(H,25,31)(H,27,30). The molecule has 0 saturated carbocycles. The summed E-state index contributed by atoms with van der Waals surface area (Å²) >= 11 is 6.13. The van der Waals surface area contributed by atoms with Gasteiger partial charge in [-0.05, 0) is 44.0 Å². The van der Waals surface area contributed by atoms with Crippen LogP contribution in [0.5, 0.6) is 0 Å². The van der Waals surface area contributed by atoms with Crippen LogP contribution >= 0.6 is 11.6 Å². The highest BCUT2D eigenvalue weighted by Gasteiger charge is 2.26. The lowest BCUT2D eigenvalue weighted by molar-refractivity contribution is -0.127. The van der Waals surface area contributed by atoms with Crippen molar-refractivity contribution < 1.29 is 9.59 Å². The van der Waals surface area contributed by atoms with Crippen molar-refractivity contribution in [1.82, 2.24) is 25.0 Å². The molecule has 1 aromatic carbocycles. The topological polar surface area (TPSA) is 92.2 Å². The Kier molecular flexibility index (Phi) is 8.85. The number of benzene rings is 1. The minimum absolute atomic E-state index is 0.0652. The highest BCUT2D eigenvalue weighted by molar-refractivity contribution is 6.31. The molecule has 1 aliphatic rings. The van der Waals surface area contributed by atoms with Crippen molar-refractivity contribution in [2.75, 3.05) is 31.5 Å². The average Bonchev–Trinajstić information content (AvgIpc) is 3.28. The molecule has 1 aliphatic heterocycles. The van der Waals surface area contributed by atoms with Crippen molar-refractivity contribution in [3.8, 4) is 5.69 Å². The summed E-state index contributed by atoms with van der Waals surface area (Å²) in [6.45, 7) is 4.53. The van der Waals surface area contributed by atoms with Crippen LogP contribution in [0.3, 0.4) is 0 Å². The Hall–Kier alpha value is -2.45. The maximum absolute atomic E-state index is 12.7. The van der Waals surface area contributed by atoms with Crippen LogP contribution in [0.1, 0.15) is 45.4 Å². The maximum atomic E-state index is 12.7. The lowest BCUT2D eigenvalue weighted by atomic mass is 9.97. The molecule has 9 heteroatoms. The molecule has 3 rings (SSSR count). The van der Waals surface area contributed by atoms with Gasteiger partial charge in [0.15, 0.2) is 0 Å². The van der Waals surface area contributed by atoms with Crippen molar-refractivity contribution in [3.63, 3.8) is 0 Å². The van der Waals surface area contributed by atoms with E-state index < -0.39 is 0 Å². The molecule has 2 heterocycles. The van der Waals surface area contributed by atoms with Gasteiger partial charge in [0, 0.05) is 18.1 Å². The molecule has 1 saturated heterocycles. The third kappa shape index (κ3) is 7.04. The smallest absolute Gasteiger partial charge is 0.238 e. The first-order valence-corrected chi connectivity index (χ1v) is 11.4. The van der Waals surface area contributed by atoms with Gasteiger partial charge in [0.05, 0.1) is 23.8 Å². The van der Waals surface area contributed by atoms with Crippen LogP contribution in [0, 0.1) is 5.92 Å². The number of carbonyl (C=O) groups excluding carboxylic acids is 2. The summed E-state index contributed by atoms with van der Waals surface area (Å²) in [5.74, 6) is -0.112. The van der Waals surface area contributed by atoms with Crippen molar-refractivity contribution in [2.24, 2.45) is 5.92 Å². The lowest BCUT2D eigenvalue weighted by Gasteiger charge is -2.31. The van der Waals surface area contributed by atoms with E-state index in [1.54, 1.807) is 29.2 Å². The fourth-order valence-electron chi connectivity index (χ4n) is 3.85. The van der Waals surface area contributed by atoms with Gasteiger partial charge in [-0.1, -0.05) is 37.8 Å². The van der Waals surface area contributed by atoms with Crippen molar-refractivity contribution >= 4 is 29.1 Å². The number of nitrogens with one attached hydrogen (secondary N) is 2. The SMILES string of the molecule is CCCCCCNC(=O)C1CCCN(CC(=O)Nc2cc(Cl)ccc2-n2cncn2)C1. The molecule has 31 heavy (non-hydrogen) atoms. The molecule has 0 bridgehead atoms. The second-order valence-corrected chi connectivity index (χ2v) is 8.41. The molecule has 8 nitrogen and oxygen atoms in total. The monoisotopic (exact) mass is 446 g/mol. The number of unbranched alkanes of at least 4 members (excludes halogenated alkanes) is 3. The van der Waals surface area contributed by atoms with E-state index >= 15 is 0 Å². The fraction of sp³-hybridized carbons (Fsp3) is 0.545. The number of piperidine rings is 1. The van der Waals surface area contributed by atoms with Gasteiger partial charge in [-0.3, -0.25) is 14.5 Å². The van der Waals surface area contributed by atoms with E-state index in [-0.39, 0.29) is 24.3 Å². The quantitative estimate of drug-likeness (QED) is 0.546. The molecular formula is C22H31ClN6O2. The van der Waals surface area contributed by atoms with Gasteiger partial charge in [-0.25, -0.2) is 9.67 Å². The van der Waals surface area contributed by atoms with Crippen LogP contribution in [-0.4, -0.2) is 57.7 Å². The van der Waals surface area contributed by atoms with Gasteiger partial charge in [0.2, 0.25) is 11.8 Å². The van der Waals surface area contributed by atoms with Crippen LogP contribution in [0.25, 0.3) is 5.69 Å². The van der Waals surface area contributed by atoms with Gasteiger partial charge in [-0.15, -0.1) is 0 Å². The Labute approximate surface area is 188 Å². The lowest BCUT2D eigenvalue weighted by Crippen LogP contribution is -2.45. The molecule has 2 amide bonds. The molecule has 1 unspecified atom stereocenters. The van der Waals surface area contributed by atoms with Gasteiger partial charge in [0.1, 0.15) is 12.7 Å². The summed E-state index contributed by atoms with van der Waals surface area (Å²) in [6.07, 6.45) is 9.32. The maximum Gasteiger partial charge on any atom is 0.238 e. The summed E-state index contributed by atoms with van der Waals surface area (Å²) in [5, 5.41) is 10.6. The zero-order valence-electron chi connectivity index (χ0n) is 18.0. The number of rotatable bonds is 10. The van der Waals surface area contributed by atoms with E-state index in [1.165, 1.54) is 19.2 Å². The van der Waals surface area contributed by atoms with Crippen LogP contribution in [-0.2, 0) is 9.59 Å². The fourth-order valence-corrected chi connectivity index (χ4v) is 4.03. The molecule has 1 atom stereocenters. The predicted molar refractivity (Wildman–Crippen MR) is 121 cm³/mol. The minimum atomic E-state index is -0.149. The molecule has 2 aromatic rings. The van der Waals surface area contributed by atoms with E-state index in [9.17, 15) is 9.59 Å². The second-order valence-electron chi connectivity index (χ2n) is 7.98. The van der Waals surface area contributed by atoms with Gasteiger partial charge >= 0.3 is 0 Å². The number of likely N-dealkylation sites (tertiary alicyclic amines) is 1. The number of hydrogen-bond acceptors (Lipinski definition) is 5. The summed E-state index contributed by atoms with van der Waals surface area (Å²) in [5.41, 5.74) is 1.26. The Morgan fingerprint density at radius 3 is 2.90 bits per heavy atom. The minimum Gasteiger partial charge on any atom is -0.356 e. The van der Waals surface area contributed by atoms with Gasteiger partial charge in [0.25, 0.3) is 0 Å². The largest absolute Gasteiger partial charge is 0.356 e. The summed E-state index contributed by atoms with van der Waals surface area (Å²) in [7, 11) is 0. The van der Waals surface area contributed by atoms with Crippen LogP contribution < -0.4 is 10.6 Å². The zero-order chi connectivity index (χ0) is 22.1. The van der Waals surface area contributed by atoms with E-state index in [0.717, 1.165) is 38.8 Å². The molecule has 1 aromatic heterocycles. The number of nitrogens with zero attached hydrogens (tertiary/aromatic N) is 4. The zero-order valence-corrected chi connectivity index (χ0v) is 18.8. The van der Waals surface area contributed by atoms with Crippen molar-refractivity contribution in [1.29, 1.82) is 0 Å². The van der Waals surface area contributed by atoms with Crippen LogP contribution in [0.15, 0.2) is 30.9 Å². The highest BCUT2D eigenvalue weighted by atomic mass is 35.5. The Morgan fingerprint density at radius 1 is 1.26 bits per heavy atom. The highest BCUT2D eigenvalue weighted by Crippen LogP contribution is 2.24. The second kappa shape index (κ2) is 11.8. The number of aromatic nitrogens is 3. The molecule has 168 valence electrons. The molecule has 0 aliphatic carbocycles. The molecule has 1 fully saturated rings. The first-order chi connectivity index (χ1) is 15.1. The first-order valence-electron chi connectivity index (χ1n) is 11.0. The van der Waals surface area contributed by atoms with Crippen molar-refractivity contribution in [3.05, 3.63) is 35.9 Å². The third-order valence-electron chi connectivity index (χ3n) is 5.47. The average molecular weight is 447 g/mol. The molecular weight excluding hydrogens is 416 g/mol. The third-order valence-corrected chi connectivity index (χ3v) is 5.71. The predicted octanol–water partition coefficient (Wildman–Crippen LogP) is 3.27. The molecule has 0 radical (unpaired) electrons. The van der Waals surface area contributed by atoms with E-state index in [4.69, 9.17) is 11.6 Å². The van der Waals surface area contributed by atoms with Crippen molar-refractivity contribution in [2.45, 2.75) is 45.4 Å². The molecule has 2 N–H and O–H groups in total. The van der Waals surface area contributed by atoms with E-state index in [0.29, 0.717) is 22.9 Å².